The minimum Gasteiger partial charge on any atom is -0.504 e. The summed E-state index contributed by atoms with van der Waals surface area (Å²) < 4.78 is 5.80. The maximum absolute atomic E-state index is 10.4. The second-order valence-electron chi connectivity index (χ2n) is 6.13. The lowest BCUT2D eigenvalue weighted by molar-refractivity contribution is 0.215. The Hall–Kier alpha value is -2.50. The summed E-state index contributed by atoms with van der Waals surface area (Å²) >= 11 is 6.10. The number of hydrogen-bond acceptors (Lipinski definition) is 4. The molecule has 0 aliphatic carbocycles. The van der Waals surface area contributed by atoms with Gasteiger partial charge < -0.3 is 14.8 Å². The van der Waals surface area contributed by atoms with Gasteiger partial charge in [0.25, 0.3) is 0 Å². The summed E-state index contributed by atoms with van der Waals surface area (Å²) in [6.07, 6.45) is 3.51. The number of rotatable bonds is 3. The molecule has 5 nitrogen and oxygen atoms in total. The Labute approximate surface area is 150 Å². The maximum atomic E-state index is 10.4. The number of aromatic hydroxyl groups is 1. The highest BCUT2D eigenvalue weighted by atomic mass is 35.5. The number of phenolic OH excluding ortho intramolecular Hbond substituents is 1. The highest BCUT2D eigenvalue weighted by Crippen LogP contribution is 2.38. The Balaban J connectivity index is 1.67. The average Bonchev–Trinajstić information content (AvgIpc) is 3.01. The summed E-state index contributed by atoms with van der Waals surface area (Å²) in [5.74, 6) is 0.730. The van der Waals surface area contributed by atoms with Crippen LogP contribution < -0.4 is 4.74 Å². The molecule has 0 atom stereocenters. The van der Waals surface area contributed by atoms with Crippen LogP contribution in [0.15, 0.2) is 48.9 Å². The number of ether oxygens (including phenoxy) is 1. The van der Waals surface area contributed by atoms with Crippen LogP contribution in [-0.2, 0) is 13.1 Å². The highest BCUT2D eigenvalue weighted by molar-refractivity contribution is 6.30. The molecule has 2 N–H and O–H groups in total. The number of halogens is 1. The first-order chi connectivity index (χ1) is 12.2. The number of phenols is 1. The Morgan fingerprint density at radius 3 is 2.96 bits per heavy atom. The molecule has 3 aromatic rings. The number of aromatic amines is 1. The molecule has 2 heterocycles. The van der Waals surface area contributed by atoms with Gasteiger partial charge in [-0.05, 0) is 35.4 Å². The zero-order chi connectivity index (χ0) is 17.2. The van der Waals surface area contributed by atoms with Crippen LogP contribution in [0.25, 0.3) is 11.1 Å². The lowest BCUT2D eigenvalue weighted by atomic mass is 10.0. The van der Waals surface area contributed by atoms with Gasteiger partial charge >= 0.3 is 0 Å². The largest absolute Gasteiger partial charge is 0.504 e. The fraction of sp³-hybridized carbons (Fsp3) is 0.211. The van der Waals surface area contributed by atoms with Crippen LogP contribution in [0.5, 0.6) is 11.5 Å². The molecular weight excluding hydrogens is 338 g/mol. The third kappa shape index (κ3) is 3.48. The van der Waals surface area contributed by atoms with Gasteiger partial charge in [-0.2, -0.15) is 0 Å². The molecule has 25 heavy (non-hydrogen) atoms. The number of aromatic nitrogens is 2. The van der Waals surface area contributed by atoms with Gasteiger partial charge in [-0.25, -0.2) is 4.98 Å². The van der Waals surface area contributed by atoms with Crippen molar-refractivity contribution in [3.63, 3.8) is 0 Å². The van der Waals surface area contributed by atoms with Gasteiger partial charge in [0, 0.05) is 42.1 Å². The van der Waals surface area contributed by atoms with Gasteiger partial charge in [0.2, 0.25) is 0 Å². The van der Waals surface area contributed by atoms with E-state index in [0.29, 0.717) is 23.9 Å². The standard InChI is InChI=1S/C19H18ClN3O2/c20-16-3-1-2-13(7-16)14-6-15-10-23(11-17-9-21-12-22-17)4-5-25-19(15)18(24)8-14/h1-3,6-9,12,24H,4-5,10-11H2,(H,21,22). The molecule has 1 aliphatic rings. The van der Waals surface area contributed by atoms with Crippen LogP contribution in [0, 0.1) is 0 Å². The second-order valence-corrected chi connectivity index (χ2v) is 6.57. The molecule has 0 fully saturated rings. The fourth-order valence-corrected chi connectivity index (χ4v) is 3.33. The van der Waals surface area contributed by atoms with Crippen LogP contribution in [0.1, 0.15) is 11.3 Å². The molecule has 0 saturated carbocycles. The lowest BCUT2D eigenvalue weighted by Gasteiger charge is -2.18. The van der Waals surface area contributed by atoms with E-state index >= 15 is 0 Å². The first-order valence-corrected chi connectivity index (χ1v) is 8.51. The maximum Gasteiger partial charge on any atom is 0.165 e. The van der Waals surface area contributed by atoms with E-state index in [1.165, 1.54) is 0 Å². The molecule has 0 unspecified atom stereocenters. The van der Waals surface area contributed by atoms with E-state index in [-0.39, 0.29) is 5.75 Å². The first kappa shape index (κ1) is 16.0. The Morgan fingerprint density at radius 2 is 2.16 bits per heavy atom. The van der Waals surface area contributed by atoms with Crippen LogP contribution in [0.4, 0.5) is 0 Å². The van der Waals surface area contributed by atoms with Crippen molar-refractivity contribution in [2.75, 3.05) is 13.2 Å². The average molecular weight is 356 g/mol. The van der Waals surface area contributed by atoms with Crippen LogP contribution >= 0.6 is 11.6 Å². The number of H-pyrrole nitrogens is 1. The van der Waals surface area contributed by atoms with E-state index in [2.05, 4.69) is 20.9 Å². The van der Waals surface area contributed by atoms with Crippen LogP contribution in [0.2, 0.25) is 5.02 Å². The van der Waals surface area contributed by atoms with Gasteiger partial charge in [0.1, 0.15) is 6.61 Å². The van der Waals surface area contributed by atoms with Crippen LogP contribution in [-0.4, -0.2) is 33.1 Å². The predicted molar refractivity (Wildman–Crippen MR) is 96.7 cm³/mol. The van der Waals surface area contributed by atoms with E-state index in [9.17, 15) is 5.11 Å². The molecule has 1 aromatic heterocycles. The van der Waals surface area contributed by atoms with Gasteiger partial charge in [-0.1, -0.05) is 23.7 Å². The van der Waals surface area contributed by atoms with Crippen LogP contribution in [0.3, 0.4) is 0 Å². The second kappa shape index (κ2) is 6.78. The van der Waals surface area contributed by atoms with Gasteiger partial charge in [0.05, 0.1) is 6.33 Å². The molecule has 0 amide bonds. The molecule has 0 saturated heterocycles. The summed E-state index contributed by atoms with van der Waals surface area (Å²) in [6, 6.07) is 11.4. The fourth-order valence-electron chi connectivity index (χ4n) is 3.13. The summed E-state index contributed by atoms with van der Waals surface area (Å²) in [5.41, 5.74) is 3.91. The molecule has 0 spiro atoms. The first-order valence-electron chi connectivity index (χ1n) is 8.13. The van der Waals surface area contributed by atoms with Crippen molar-refractivity contribution >= 4 is 11.6 Å². The van der Waals surface area contributed by atoms with Crippen molar-refractivity contribution in [1.82, 2.24) is 14.9 Å². The quantitative estimate of drug-likeness (QED) is 0.749. The van der Waals surface area contributed by atoms with Crippen molar-refractivity contribution in [3.05, 3.63) is 65.2 Å². The number of nitrogens with zero attached hydrogens (tertiary/aromatic N) is 2. The summed E-state index contributed by atoms with van der Waals surface area (Å²) in [6.45, 7) is 2.76. The highest BCUT2D eigenvalue weighted by Gasteiger charge is 2.20. The molecular formula is C19H18ClN3O2. The number of benzene rings is 2. The van der Waals surface area contributed by atoms with E-state index in [0.717, 1.165) is 35.5 Å². The molecule has 0 radical (unpaired) electrons. The van der Waals surface area contributed by atoms with Crippen molar-refractivity contribution < 1.29 is 9.84 Å². The van der Waals surface area contributed by atoms with E-state index < -0.39 is 0 Å². The molecule has 6 heteroatoms. The number of fused-ring (bicyclic) bond motifs is 1. The summed E-state index contributed by atoms with van der Waals surface area (Å²) in [7, 11) is 0. The van der Waals surface area contributed by atoms with Crippen molar-refractivity contribution in [2.45, 2.75) is 13.1 Å². The van der Waals surface area contributed by atoms with Crippen molar-refractivity contribution in [1.29, 1.82) is 0 Å². The molecule has 0 bridgehead atoms. The summed E-state index contributed by atoms with van der Waals surface area (Å²) in [5, 5.41) is 11.1. The Kier molecular flexibility index (Phi) is 4.34. The Bertz CT molecular complexity index is 880. The Morgan fingerprint density at radius 1 is 1.24 bits per heavy atom. The van der Waals surface area contributed by atoms with Gasteiger partial charge in [-0.15, -0.1) is 0 Å². The molecule has 128 valence electrons. The third-order valence-electron chi connectivity index (χ3n) is 4.30. The predicted octanol–water partition coefficient (Wildman–Crippen LogP) is 3.83. The number of nitrogens with one attached hydrogen (secondary N) is 1. The third-order valence-corrected chi connectivity index (χ3v) is 4.54. The lowest BCUT2D eigenvalue weighted by Crippen LogP contribution is -2.25. The summed E-state index contributed by atoms with van der Waals surface area (Å²) in [4.78, 5) is 9.46. The minimum atomic E-state index is 0.163. The van der Waals surface area contributed by atoms with Gasteiger partial charge in [-0.3, -0.25) is 4.90 Å². The normalized spacial score (nSPS) is 14.6. The minimum absolute atomic E-state index is 0.163. The molecule has 1 aliphatic heterocycles. The van der Waals surface area contributed by atoms with E-state index in [1.54, 1.807) is 12.4 Å². The van der Waals surface area contributed by atoms with Crippen molar-refractivity contribution in [3.8, 4) is 22.6 Å². The zero-order valence-corrected chi connectivity index (χ0v) is 14.3. The van der Waals surface area contributed by atoms with E-state index in [1.807, 2.05) is 30.5 Å². The smallest absolute Gasteiger partial charge is 0.165 e. The zero-order valence-electron chi connectivity index (χ0n) is 13.6. The van der Waals surface area contributed by atoms with Gasteiger partial charge in [0.15, 0.2) is 11.5 Å². The molecule has 2 aromatic carbocycles. The van der Waals surface area contributed by atoms with E-state index in [4.69, 9.17) is 16.3 Å². The number of imidazole rings is 1. The SMILES string of the molecule is Oc1cc(-c2cccc(Cl)c2)cc2c1OCCN(Cc1cnc[nH]1)C2. The van der Waals surface area contributed by atoms with Crippen molar-refractivity contribution in [2.24, 2.45) is 0 Å². The topological polar surface area (TPSA) is 61.4 Å². The monoisotopic (exact) mass is 355 g/mol. The molecule has 4 rings (SSSR count). The number of hydrogen-bond donors (Lipinski definition) is 2.